The second kappa shape index (κ2) is 7.71. The van der Waals surface area contributed by atoms with Crippen molar-refractivity contribution in [2.24, 2.45) is 5.73 Å². The first-order chi connectivity index (χ1) is 9.74. The minimum absolute atomic E-state index is 0.109. The molecule has 1 atom stereocenters. The maximum Gasteiger partial charge on any atom is 0.321 e. The Balaban J connectivity index is 2.70. The number of nitrogens with one attached hydrogen (secondary N) is 1. The number of hydrogen-bond acceptors (Lipinski definition) is 4. The molecule has 0 saturated heterocycles. The lowest BCUT2D eigenvalue weighted by Gasteiger charge is -2.31. The quantitative estimate of drug-likeness (QED) is 0.570. The van der Waals surface area contributed by atoms with Gasteiger partial charge in [0.2, 0.25) is 5.91 Å². The molecule has 8 nitrogen and oxygen atoms in total. The molecule has 1 rings (SSSR count). The predicted molar refractivity (Wildman–Crippen MR) is 76.5 cm³/mol. The van der Waals surface area contributed by atoms with E-state index in [1.807, 2.05) is 0 Å². The number of carboxylic acid groups (broad SMARTS) is 1. The molecule has 0 radical (unpaired) electrons. The molecule has 4 N–H and O–H groups in total. The fourth-order valence-electron chi connectivity index (χ4n) is 2.42. The van der Waals surface area contributed by atoms with Crippen LogP contribution in [0.1, 0.15) is 44.9 Å². The highest BCUT2D eigenvalue weighted by atomic mass is 32.2. The number of nitrogens with two attached hydrogens (primary N) is 1. The third-order valence-corrected chi connectivity index (χ3v) is 5.38. The van der Waals surface area contributed by atoms with Gasteiger partial charge < -0.3 is 10.8 Å². The third kappa shape index (κ3) is 5.60. The minimum Gasteiger partial charge on any atom is -0.480 e. The molecule has 1 fully saturated rings. The van der Waals surface area contributed by atoms with E-state index in [-0.39, 0.29) is 18.9 Å². The minimum atomic E-state index is -3.90. The van der Waals surface area contributed by atoms with Crippen LogP contribution in [-0.4, -0.2) is 48.8 Å². The number of carboxylic acids is 1. The van der Waals surface area contributed by atoms with E-state index in [1.54, 1.807) is 0 Å². The van der Waals surface area contributed by atoms with Gasteiger partial charge in [-0.05, 0) is 19.3 Å². The van der Waals surface area contributed by atoms with Gasteiger partial charge in [0, 0.05) is 19.5 Å². The largest absolute Gasteiger partial charge is 0.480 e. The lowest BCUT2D eigenvalue weighted by Crippen LogP contribution is -2.50. The predicted octanol–water partition coefficient (Wildman–Crippen LogP) is -0.196. The first kappa shape index (κ1) is 17.9. The van der Waals surface area contributed by atoms with Gasteiger partial charge in [0.25, 0.3) is 10.2 Å². The van der Waals surface area contributed by atoms with Gasteiger partial charge in [-0.3, -0.25) is 9.59 Å². The summed E-state index contributed by atoms with van der Waals surface area (Å²) in [6.07, 6.45) is 4.22. The summed E-state index contributed by atoms with van der Waals surface area (Å²) >= 11 is 0. The van der Waals surface area contributed by atoms with Crippen LogP contribution in [0.25, 0.3) is 0 Å². The van der Waals surface area contributed by atoms with E-state index in [4.69, 9.17) is 10.8 Å². The maximum atomic E-state index is 12.2. The van der Waals surface area contributed by atoms with Crippen molar-refractivity contribution < 1.29 is 23.1 Å². The Kier molecular flexibility index (Phi) is 6.56. The van der Waals surface area contributed by atoms with Gasteiger partial charge in [0.1, 0.15) is 6.04 Å². The first-order valence-corrected chi connectivity index (χ1v) is 8.44. The summed E-state index contributed by atoms with van der Waals surface area (Å²) in [4.78, 5) is 21.8. The first-order valence-electron chi connectivity index (χ1n) is 7.00. The van der Waals surface area contributed by atoms with Crippen LogP contribution in [0.15, 0.2) is 0 Å². The van der Waals surface area contributed by atoms with Gasteiger partial charge in [0.15, 0.2) is 0 Å². The van der Waals surface area contributed by atoms with Crippen molar-refractivity contribution in [3.05, 3.63) is 0 Å². The summed E-state index contributed by atoms with van der Waals surface area (Å²) in [6.45, 7) is 0. The number of amides is 1. The van der Waals surface area contributed by atoms with Crippen LogP contribution in [-0.2, 0) is 19.8 Å². The Morgan fingerprint density at radius 1 is 1.33 bits per heavy atom. The van der Waals surface area contributed by atoms with E-state index in [0.717, 1.165) is 32.1 Å². The summed E-state index contributed by atoms with van der Waals surface area (Å²) in [6, 6.07) is -1.46. The zero-order chi connectivity index (χ0) is 16.0. The van der Waals surface area contributed by atoms with Gasteiger partial charge in [-0.25, -0.2) is 0 Å². The molecule has 0 aliphatic heterocycles. The van der Waals surface area contributed by atoms with Gasteiger partial charge in [-0.15, -0.1) is 0 Å². The Hall–Kier alpha value is -1.19. The molecule has 21 heavy (non-hydrogen) atoms. The fraction of sp³-hybridized carbons (Fsp3) is 0.833. The Morgan fingerprint density at radius 2 is 1.90 bits per heavy atom. The van der Waals surface area contributed by atoms with Crippen LogP contribution >= 0.6 is 0 Å². The van der Waals surface area contributed by atoms with Crippen molar-refractivity contribution >= 4 is 22.1 Å². The fourth-order valence-corrected chi connectivity index (χ4v) is 3.77. The molecule has 0 bridgehead atoms. The average Bonchev–Trinajstić information content (AvgIpc) is 2.43. The highest BCUT2D eigenvalue weighted by molar-refractivity contribution is 7.87. The van der Waals surface area contributed by atoms with Crippen LogP contribution in [0.3, 0.4) is 0 Å². The number of primary amides is 1. The number of carbonyl (C=O) groups is 2. The SMILES string of the molecule is CN(C1CCCCC1)S(=O)(=O)N[C@@H](CCC(N)=O)C(=O)O. The third-order valence-electron chi connectivity index (χ3n) is 3.74. The second-order valence-corrected chi connectivity index (χ2v) is 7.09. The van der Waals surface area contributed by atoms with Crippen molar-refractivity contribution in [2.45, 2.75) is 57.0 Å². The molecule has 1 aliphatic rings. The van der Waals surface area contributed by atoms with E-state index in [0.29, 0.717) is 0 Å². The number of rotatable bonds is 8. The molecule has 9 heteroatoms. The second-order valence-electron chi connectivity index (χ2n) is 5.33. The summed E-state index contributed by atoms with van der Waals surface area (Å²) in [5.41, 5.74) is 4.96. The molecule has 1 amide bonds. The number of aliphatic carboxylic acids is 1. The molecular formula is C12H23N3O5S. The van der Waals surface area contributed by atoms with E-state index >= 15 is 0 Å². The maximum absolute atomic E-state index is 12.2. The average molecular weight is 321 g/mol. The standard InChI is InChI=1S/C12H23N3O5S/c1-15(9-5-3-2-4-6-9)21(19,20)14-10(12(17)18)7-8-11(13)16/h9-10,14H,2-8H2,1H3,(H2,13,16)(H,17,18)/t10-/m0/s1. The highest BCUT2D eigenvalue weighted by Gasteiger charge is 2.31. The van der Waals surface area contributed by atoms with E-state index < -0.39 is 28.1 Å². The molecule has 0 spiro atoms. The van der Waals surface area contributed by atoms with Crippen LogP contribution < -0.4 is 10.5 Å². The molecule has 122 valence electrons. The topological polar surface area (TPSA) is 130 Å². The molecule has 0 unspecified atom stereocenters. The Labute approximate surface area is 124 Å². The summed E-state index contributed by atoms with van der Waals surface area (Å²) in [7, 11) is -2.45. The zero-order valence-corrected chi connectivity index (χ0v) is 12.9. The van der Waals surface area contributed by atoms with E-state index in [2.05, 4.69) is 4.72 Å². The monoisotopic (exact) mass is 321 g/mol. The van der Waals surface area contributed by atoms with E-state index in [9.17, 15) is 18.0 Å². The Morgan fingerprint density at radius 3 is 2.38 bits per heavy atom. The summed E-state index contributed by atoms with van der Waals surface area (Å²) in [5, 5.41) is 9.04. The summed E-state index contributed by atoms with van der Waals surface area (Å²) < 4.78 is 27.8. The molecule has 0 aromatic heterocycles. The van der Waals surface area contributed by atoms with Crippen LogP contribution in [0.2, 0.25) is 0 Å². The number of carbonyl (C=O) groups excluding carboxylic acids is 1. The molecule has 1 saturated carbocycles. The molecule has 1 aliphatic carbocycles. The van der Waals surface area contributed by atoms with Crippen LogP contribution in [0.5, 0.6) is 0 Å². The molecular weight excluding hydrogens is 298 g/mol. The molecule has 0 heterocycles. The zero-order valence-electron chi connectivity index (χ0n) is 12.1. The number of nitrogens with zero attached hydrogens (tertiary/aromatic N) is 1. The van der Waals surface area contributed by atoms with Crippen molar-refractivity contribution in [3.63, 3.8) is 0 Å². The Bertz CT molecular complexity index is 473. The number of hydrogen-bond donors (Lipinski definition) is 3. The van der Waals surface area contributed by atoms with Gasteiger partial charge in [0.05, 0.1) is 0 Å². The van der Waals surface area contributed by atoms with Gasteiger partial charge in [-0.1, -0.05) is 19.3 Å². The van der Waals surface area contributed by atoms with Crippen molar-refractivity contribution in [1.29, 1.82) is 0 Å². The van der Waals surface area contributed by atoms with E-state index in [1.165, 1.54) is 11.4 Å². The molecule has 0 aromatic rings. The van der Waals surface area contributed by atoms with Gasteiger partial charge in [-0.2, -0.15) is 17.4 Å². The van der Waals surface area contributed by atoms with Crippen LogP contribution in [0, 0.1) is 0 Å². The van der Waals surface area contributed by atoms with Crippen molar-refractivity contribution in [3.8, 4) is 0 Å². The summed E-state index contributed by atoms with van der Waals surface area (Å²) in [5.74, 6) is -1.99. The van der Waals surface area contributed by atoms with Gasteiger partial charge >= 0.3 is 5.97 Å². The van der Waals surface area contributed by atoms with Crippen molar-refractivity contribution in [2.75, 3.05) is 7.05 Å². The smallest absolute Gasteiger partial charge is 0.321 e. The van der Waals surface area contributed by atoms with Crippen LogP contribution in [0.4, 0.5) is 0 Å². The normalized spacial score (nSPS) is 18.6. The molecule has 0 aromatic carbocycles. The van der Waals surface area contributed by atoms with Crippen molar-refractivity contribution in [1.82, 2.24) is 9.03 Å². The highest BCUT2D eigenvalue weighted by Crippen LogP contribution is 2.23. The lowest BCUT2D eigenvalue weighted by molar-refractivity contribution is -0.139. The lowest BCUT2D eigenvalue weighted by atomic mass is 9.96.